The smallest absolute Gasteiger partial charge is 0.153 e. The van der Waals surface area contributed by atoms with Crippen molar-refractivity contribution in [2.75, 3.05) is 0 Å². The highest BCUT2D eigenvalue weighted by Crippen LogP contribution is 2.55. The molecule has 0 atom stereocenters. The molecule has 176 valence electrons. The first-order valence-corrected chi connectivity index (χ1v) is 14.3. The van der Waals surface area contributed by atoms with E-state index in [-0.39, 0.29) is 0 Å². The number of rotatable bonds is 0. The summed E-state index contributed by atoms with van der Waals surface area (Å²) in [4.78, 5) is 0. The Bertz CT molecular complexity index is 2260. The van der Waals surface area contributed by atoms with Crippen LogP contribution in [0.25, 0.3) is 95.0 Å². The van der Waals surface area contributed by atoms with Gasteiger partial charge in [0.05, 0.1) is 9.40 Å². The SMILES string of the molecule is c1ccc2c(c1)oc1c3sc4ccccc4c3c3c4c5ccccc5oc4c4sc5ccccc5c4c3c21. The molecule has 0 saturated carbocycles. The van der Waals surface area contributed by atoms with Crippen molar-refractivity contribution in [3.63, 3.8) is 0 Å². The second-order valence-electron chi connectivity index (χ2n) is 9.96. The molecule has 10 aromatic rings. The Balaban J connectivity index is 1.72. The van der Waals surface area contributed by atoms with Gasteiger partial charge in [0, 0.05) is 63.3 Å². The zero-order valence-corrected chi connectivity index (χ0v) is 21.5. The van der Waals surface area contributed by atoms with E-state index in [0.717, 1.165) is 33.1 Å². The molecule has 6 aromatic carbocycles. The van der Waals surface area contributed by atoms with Crippen LogP contribution >= 0.6 is 22.7 Å². The summed E-state index contributed by atoms with van der Waals surface area (Å²) in [5.74, 6) is 0. The molecule has 4 heterocycles. The molecule has 10 rings (SSSR count). The van der Waals surface area contributed by atoms with Crippen molar-refractivity contribution in [1.29, 1.82) is 0 Å². The lowest BCUT2D eigenvalue weighted by molar-refractivity contribution is 0.673. The van der Waals surface area contributed by atoms with Gasteiger partial charge in [0.25, 0.3) is 0 Å². The van der Waals surface area contributed by atoms with Crippen molar-refractivity contribution in [1.82, 2.24) is 0 Å². The molecule has 0 fully saturated rings. The average Bonchev–Trinajstić information content (AvgIpc) is 3.72. The van der Waals surface area contributed by atoms with Crippen LogP contribution < -0.4 is 0 Å². The van der Waals surface area contributed by atoms with Crippen molar-refractivity contribution in [2.45, 2.75) is 0 Å². The van der Waals surface area contributed by atoms with Gasteiger partial charge in [-0.2, -0.15) is 0 Å². The van der Waals surface area contributed by atoms with Gasteiger partial charge < -0.3 is 8.83 Å². The highest BCUT2D eigenvalue weighted by Gasteiger charge is 2.27. The number of para-hydroxylation sites is 2. The van der Waals surface area contributed by atoms with Gasteiger partial charge in [0.2, 0.25) is 0 Å². The maximum atomic E-state index is 6.71. The van der Waals surface area contributed by atoms with Crippen LogP contribution in [0.1, 0.15) is 0 Å². The van der Waals surface area contributed by atoms with E-state index in [0.29, 0.717) is 0 Å². The maximum Gasteiger partial charge on any atom is 0.153 e. The molecule has 0 aliphatic heterocycles. The zero-order chi connectivity index (χ0) is 24.5. The third-order valence-corrected chi connectivity index (χ3v) is 10.4. The zero-order valence-electron chi connectivity index (χ0n) is 19.9. The lowest BCUT2D eigenvalue weighted by Crippen LogP contribution is -1.82. The largest absolute Gasteiger partial charge is 0.455 e. The van der Waals surface area contributed by atoms with E-state index < -0.39 is 0 Å². The molecule has 0 aliphatic carbocycles. The first-order valence-electron chi connectivity index (χ1n) is 12.7. The number of hydrogen-bond acceptors (Lipinski definition) is 4. The standard InChI is InChI=1S/C34H16O2S2/c1-5-13-21-17(9-1)25-29-27-19-11-3-7-15-23(19)38-34(27)32-26(18-10-2-6-14-22(18)36-32)30(29)28-20-12-4-8-16-24(20)37-33(28)31(25)35-21/h1-16H. The van der Waals surface area contributed by atoms with E-state index >= 15 is 0 Å². The second kappa shape index (κ2) is 6.73. The highest BCUT2D eigenvalue weighted by molar-refractivity contribution is 7.27. The van der Waals surface area contributed by atoms with Gasteiger partial charge in [-0.1, -0.05) is 72.8 Å². The van der Waals surface area contributed by atoms with E-state index in [1.165, 1.54) is 61.9 Å². The van der Waals surface area contributed by atoms with Crippen molar-refractivity contribution in [2.24, 2.45) is 0 Å². The van der Waals surface area contributed by atoms with Crippen LogP contribution in [0, 0.1) is 0 Å². The van der Waals surface area contributed by atoms with Crippen LogP contribution in [0.15, 0.2) is 106 Å². The summed E-state index contributed by atoms with van der Waals surface area (Å²) in [6.45, 7) is 0. The average molecular weight is 521 g/mol. The lowest BCUT2D eigenvalue weighted by Gasteiger charge is -2.09. The third kappa shape index (κ3) is 2.22. The van der Waals surface area contributed by atoms with Gasteiger partial charge in [-0.15, -0.1) is 22.7 Å². The Morgan fingerprint density at radius 2 is 0.763 bits per heavy atom. The van der Waals surface area contributed by atoms with Gasteiger partial charge in [-0.3, -0.25) is 0 Å². The molecule has 0 spiro atoms. The van der Waals surface area contributed by atoms with Gasteiger partial charge in [-0.05, 0) is 24.3 Å². The summed E-state index contributed by atoms with van der Waals surface area (Å²) >= 11 is 3.65. The molecule has 0 saturated heterocycles. The Kier molecular flexibility index (Phi) is 3.49. The quantitative estimate of drug-likeness (QED) is 0.199. The topological polar surface area (TPSA) is 26.3 Å². The molecule has 2 nitrogen and oxygen atoms in total. The molecule has 0 amide bonds. The fourth-order valence-corrected chi connectivity index (χ4v) is 8.96. The highest BCUT2D eigenvalue weighted by atomic mass is 32.1. The third-order valence-electron chi connectivity index (χ3n) is 8.04. The van der Waals surface area contributed by atoms with Crippen LogP contribution in [0.3, 0.4) is 0 Å². The predicted molar refractivity (Wildman–Crippen MR) is 164 cm³/mol. The van der Waals surface area contributed by atoms with E-state index in [1.807, 2.05) is 22.7 Å². The van der Waals surface area contributed by atoms with E-state index in [1.54, 1.807) is 0 Å². The summed E-state index contributed by atoms with van der Waals surface area (Å²) in [5.41, 5.74) is 3.83. The molecular formula is C34H16O2S2. The van der Waals surface area contributed by atoms with Crippen LogP contribution in [0.4, 0.5) is 0 Å². The molecular weight excluding hydrogens is 505 g/mol. The molecule has 0 radical (unpaired) electrons. The van der Waals surface area contributed by atoms with Crippen LogP contribution in [0.2, 0.25) is 0 Å². The summed E-state index contributed by atoms with van der Waals surface area (Å²) in [6.07, 6.45) is 0. The molecule has 0 N–H and O–H groups in total. The summed E-state index contributed by atoms with van der Waals surface area (Å²) in [6, 6.07) is 34.5. The van der Waals surface area contributed by atoms with Crippen LogP contribution in [0.5, 0.6) is 0 Å². The molecule has 4 heteroatoms. The van der Waals surface area contributed by atoms with Gasteiger partial charge in [-0.25, -0.2) is 0 Å². The number of benzene rings is 6. The van der Waals surface area contributed by atoms with Crippen LogP contribution in [-0.2, 0) is 0 Å². The summed E-state index contributed by atoms with van der Waals surface area (Å²) in [7, 11) is 0. The Morgan fingerprint density at radius 1 is 0.368 bits per heavy atom. The Morgan fingerprint density at radius 3 is 1.24 bits per heavy atom. The molecule has 4 aromatic heterocycles. The fourth-order valence-electron chi connectivity index (χ4n) is 6.56. The Hall–Kier alpha value is -4.38. The summed E-state index contributed by atoms with van der Waals surface area (Å²) in [5, 5.41) is 12.3. The minimum atomic E-state index is 0.929. The second-order valence-corrected chi connectivity index (χ2v) is 12.1. The monoisotopic (exact) mass is 520 g/mol. The summed E-state index contributed by atoms with van der Waals surface area (Å²) < 4.78 is 18.4. The first kappa shape index (κ1) is 19.7. The number of fused-ring (bicyclic) bond motifs is 19. The minimum Gasteiger partial charge on any atom is -0.455 e. The van der Waals surface area contributed by atoms with Gasteiger partial charge in [0.1, 0.15) is 11.2 Å². The first-order chi connectivity index (χ1) is 18.9. The number of furan rings is 2. The van der Waals surface area contributed by atoms with E-state index in [4.69, 9.17) is 8.83 Å². The Labute approximate surface area is 222 Å². The van der Waals surface area contributed by atoms with Crippen molar-refractivity contribution < 1.29 is 8.83 Å². The number of thiophene rings is 2. The molecule has 0 bridgehead atoms. The molecule has 0 aliphatic rings. The fraction of sp³-hybridized carbons (Fsp3) is 0. The van der Waals surface area contributed by atoms with E-state index in [9.17, 15) is 0 Å². The molecule has 0 unspecified atom stereocenters. The minimum absolute atomic E-state index is 0.929. The maximum absolute atomic E-state index is 6.71. The lowest BCUT2D eigenvalue weighted by atomic mass is 9.92. The number of hydrogen-bond donors (Lipinski definition) is 0. The van der Waals surface area contributed by atoms with Crippen LogP contribution in [-0.4, -0.2) is 0 Å². The van der Waals surface area contributed by atoms with E-state index in [2.05, 4.69) is 97.1 Å². The van der Waals surface area contributed by atoms with Gasteiger partial charge >= 0.3 is 0 Å². The van der Waals surface area contributed by atoms with Crippen molar-refractivity contribution >= 4 is 118 Å². The molecule has 38 heavy (non-hydrogen) atoms. The van der Waals surface area contributed by atoms with Gasteiger partial charge in [0.15, 0.2) is 11.2 Å². The predicted octanol–water partition coefficient (Wildman–Crippen LogP) is 11.4. The normalized spacial score (nSPS) is 12.7. The van der Waals surface area contributed by atoms with Crippen molar-refractivity contribution in [3.8, 4) is 0 Å². The van der Waals surface area contributed by atoms with Crippen molar-refractivity contribution in [3.05, 3.63) is 97.1 Å².